The number of para-hydroxylation sites is 2. The summed E-state index contributed by atoms with van der Waals surface area (Å²) in [6.45, 7) is 3.75. The number of amides is 2. The predicted molar refractivity (Wildman–Crippen MR) is 160 cm³/mol. The molecule has 0 fully saturated rings. The molecule has 10 heteroatoms. The third kappa shape index (κ3) is 6.72. The van der Waals surface area contributed by atoms with Crippen LogP contribution in [-0.4, -0.2) is 39.5 Å². The van der Waals surface area contributed by atoms with Crippen LogP contribution in [0.4, 0.5) is 11.4 Å². The van der Waals surface area contributed by atoms with Crippen molar-refractivity contribution in [1.82, 2.24) is 5.32 Å². The van der Waals surface area contributed by atoms with E-state index in [0.29, 0.717) is 29.4 Å². The summed E-state index contributed by atoms with van der Waals surface area (Å²) in [6, 6.07) is 27.9. The predicted octanol–water partition coefficient (Wildman–Crippen LogP) is 4.59. The summed E-state index contributed by atoms with van der Waals surface area (Å²) in [7, 11) is -3.82. The van der Waals surface area contributed by atoms with Crippen molar-refractivity contribution in [3.63, 3.8) is 0 Å². The van der Waals surface area contributed by atoms with Crippen molar-refractivity contribution in [1.29, 1.82) is 0 Å². The van der Waals surface area contributed by atoms with E-state index in [1.54, 1.807) is 30.3 Å². The van der Waals surface area contributed by atoms with Gasteiger partial charge in [0.15, 0.2) is 12.7 Å². The Balaban J connectivity index is 1.22. The van der Waals surface area contributed by atoms with Gasteiger partial charge in [0.05, 0.1) is 22.8 Å². The smallest absolute Gasteiger partial charge is 0.265 e. The molecule has 0 bridgehead atoms. The minimum absolute atomic E-state index is 0.0149. The van der Waals surface area contributed by atoms with E-state index in [-0.39, 0.29) is 29.9 Å². The number of benzene rings is 4. The van der Waals surface area contributed by atoms with Crippen LogP contribution in [0.2, 0.25) is 0 Å². The van der Waals surface area contributed by atoms with Gasteiger partial charge in [-0.1, -0.05) is 54.6 Å². The highest BCUT2D eigenvalue weighted by atomic mass is 32.2. The molecule has 2 N–H and O–H groups in total. The van der Waals surface area contributed by atoms with Crippen LogP contribution in [0.3, 0.4) is 0 Å². The minimum atomic E-state index is -3.82. The Morgan fingerprint density at radius 1 is 0.929 bits per heavy atom. The Kier molecular flexibility index (Phi) is 8.44. The number of nitrogens with one attached hydrogen (secondary N) is 2. The molecule has 2 amide bonds. The average Bonchev–Trinajstić information content (AvgIpc) is 3.00. The number of rotatable bonds is 9. The third-order valence-corrected chi connectivity index (χ3v) is 8.19. The van der Waals surface area contributed by atoms with Gasteiger partial charge in [0.25, 0.3) is 21.8 Å². The Labute approximate surface area is 245 Å². The second kappa shape index (κ2) is 12.4. The number of sulfonamides is 1. The van der Waals surface area contributed by atoms with Crippen LogP contribution in [0.1, 0.15) is 16.7 Å². The number of hydrogen-bond acceptors (Lipinski definition) is 6. The van der Waals surface area contributed by atoms with Gasteiger partial charge in [-0.3, -0.25) is 14.3 Å². The van der Waals surface area contributed by atoms with Crippen LogP contribution in [0.25, 0.3) is 0 Å². The molecule has 0 saturated heterocycles. The second-order valence-corrected chi connectivity index (χ2v) is 11.6. The van der Waals surface area contributed by atoms with E-state index in [1.165, 1.54) is 29.2 Å². The van der Waals surface area contributed by atoms with Crippen LogP contribution in [-0.2, 0) is 26.2 Å². The van der Waals surface area contributed by atoms with Crippen molar-refractivity contribution in [2.45, 2.75) is 31.4 Å². The Hall–Kier alpha value is -4.83. The maximum Gasteiger partial charge on any atom is 0.265 e. The Morgan fingerprint density at radius 3 is 2.40 bits per heavy atom. The van der Waals surface area contributed by atoms with Gasteiger partial charge in [-0.05, 0) is 73.0 Å². The van der Waals surface area contributed by atoms with Gasteiger partial charge in [-0.25, -0.2) is 8.42 Å². The number of fused-ring (bicyclic) bond motifs is 1. The van der Waals surface area contributed by atoms with Gasteiger partial charge in [0.1, 0.15) is 11.5 Å². The van der Waals surface area contributed by atoms with Crippen LogP contribution in [0, 0.1) is 13.8 Å². The van der Waals surface area contributed by atoms with Crippen LogP contribution < -0.4 is 24.4 Å². The largest absolute Gasteiger partial charge is 0.484 e. The third-order valence-electron chi connectivity index (χ3n) is 6.81. The standard InChI is InChI=1S/C32H31N3O6S/c1-22-12-13-23(2)27(18-22)34-42(38,39)26-16-14-25(15-17-26)40-21-31(36)35-20-30(41-29-11-7-6-10-28(29)35)32(37)33-19-24-8-4-3-5-9-24/h3-18,30,34H,19-21H2,1-2H3,(H,33,37). The maximum absolute atomic E-state index is 13.3. The number of carbonyl (C=O) groups excluding carboxylic acids is 2. The molecule has 0 radical (unpaired) electrons. The van der Waals surface area contributed by atoms with E-state index in [0.717, 1.165) is 16.7 Å². The molecule has 0 spiro atoms. The van der Waals surface area contributed by atoms with Crippen molar-refractivity contribution in [2.24, 2.45) is 0 Å². The molecule has 1 aliphatic rings. The number of aryl methyl sites for hydroxylation is 2. The van der Waals surface area contributed by atoms with Gasteiger partial charge in [-0.2, -0.15) is 0 Å². The first-order valence-corrected chi connectivity index (χ1v) is 14.9. The molecule has 1 unspecified atom stereocenters. The number of anilines is 2. The highest BCUT2D eigenvalue weighted by Gasteiger charge is 2.33. The van der Waals surface area contributed by atoms with Crippen LogP contribution >= 0.6 is 0 Å². The van der Waals surface area contributed by atoms with E-state index >= 15 is 0 Å². The molecular weight excluding hydrogens is 554 g/mol. The lowest BCUT2D eigenvalue weighted by molar-refractivity contribution is -0.128. The molecule has 4 aromatic carbocycles. The first kappa shape index (κ1) is 28.7. The molecule has 0 aromatic heterocycles. The molecule has 1 aliphatic heterocycles. The molecule has 1 atom stereocenters. The lowest BCUT2D eigenvalue weighted by atomic mass is 10.1. The number of hydrogen-bond donors (Lipinski definition) is 2. The summed E-state index contributed by atoms with van der Waals surface area (Å²) >= 11 is 0. The fraction of sp³-hybridized carbons (Fsp3) is 0.188. The topological polar surface area (TPSA) is 114 Å². The summed E-state index contributed by atoms with van der Waals surface area (Å²) in [5, 5.41) is 2.87. The van der Waals surface area contributed by atoms with Gasteiger partial charge in [-0.15, -0.1) is 0 Å². The second-order valence-electron chi connectivity index (χ2n) is 9.97. The Morgan fingerprint density at radius 2 is 1.64 bits per heavy atom. The number of nitrogens with zero attached hydrogens (tertiary/aromatic N) is 1. The molecule has 216 valence electrons. The molecule has 9 nitrogen and oxygen atoms in total. The van der Waals surface area contributed by atoms with Crippen molar-refractivity contribution < 1.29 is 27.5 Å². The highest BCUT2D eigenvalue weighted by Crippen LogP contribution is 2.33. The van der Waals surface area contributed by atoms with Crippen molar-refractivity contribution in [3.05, 3.63) is 114 Å². The normalized spacial score (nSPS) is 14.3. The van der Waals surface area contributed by atoms with Gasteiger partial charge >= 0.3 is 0 Å². The lowest BCUT2D eigenvalue weighted by Crippen LogP contribution is -2.51. The fourth-order valence-corrected chi connectivity index (χ4v) is 5.62. The quantitative estimate of drug-likeness (QED) is 0.297. The molecule has 5 rings (SSSR count). The first-order chi connectivity index (χ1) is 20.2. The van der Waals surface area contributed by atoms with E-state index < -0.39 is 16.1 Å². The van der Waals surface area contributed by atoms with E-state index in [1.807, 2.05) is 56.3 Å². The van der Waals surface area contributed by atoms with E-state index in [9.17, 15) is 18.0 Å². The molecule has 0 saturated carbocycles. The zero-order valence-electron chi connectivity index (χ0n) is 23.2. The summed E-state index contributed by atoms with van der Waals surface area (Å²) < 4.78 is 40.1. The van der Waals surface area contributed by atoms with Crippen molar-refractivity contribution in [2.75, 3.05) is 22.8 Å². The van der Waals surface area contributed by atoms with Crippen LogP contribution in [0.15, 0.2) is 102 Å². The van der Waals surface area contributed by atoms with Crippen molar-refractivity contribution in [3.8, 4) is 11.5 Å². The SMILES string of the molecule is Cc1ccc(C)c(NS(=O)(=O)c2ccc(OCC(=O)N3CC(C(=O)NCc4ccccc4)Oc4ccccc43)cc2)c1. The minimum Gasteiger partial charge on any atom is -0.484 e. The zero-order chi connectivity index (χ0) is 29.7. The summed E-state index contributed by atoms with van der Waals surface area (Å²) in [5.74, 6) is 0.0360. The molecule has 1 heterocycles. The number of ether oxygens (including phenoxy) is 2. The molecular formula is C32H31N3O6S. The first-order valence-electron chi connectivity index (χ1n) is 13.4. The molecule has 4 aromatic rings. The summed E-state index contributed by atoms with van der Waals surface area (Å²) in [4.78, 5) is 27.7. The summed E-state index contributed by atoms with van der Waals surface area (Å²) in [5.41, 5.74) is 3.75. The van der Waals surface area contributed by atoms with E-state index in [4.69, 9.17) is 9.47 Å². The highest BCUT2D eigenvalue weighted by molar-refractivity contribution is 7.92. The molecule has 0 aliphatic carbocycles. The lowest BCUT2D eigenvalue weighted by Gasteiger charge is -2.34. The average molecular weight is 586 g/mol. The monoisotopic (exact) mass is 585 g/mol. The van der Waals surface area contributed by atoms with Gasteiger partial charge in [0.2, 0.25) is 0 Å². The zero-order valence-corrected chi connectivity index (χ0v) is 24.1. The number of carbonyl (C=O) groups is 2. The van der Waals surface area contributed by atoms with Gasteiger partial charge < -0.3 is 19.7 Å². The fourth-order valence-electron chi connectivity index (χ4n) is 4.49. The van der Waals surface area contributed by atoms with Crippen LogP contribution in [0.5, 0.6) is 11.5 Å². The van der Waals surface area contributed by atoms with Crippen molar-refractivity contribution >= 4 is 33.2 Å². The molecule has 42 heavy (non-hydrogen) atoms. The summed E-state index contributed by atoms with van der Waals surface area (Å²) in [6.07, 6.45) is -0.901. The Bertz CT molecular complexity index is 1690. The van der Waals surface area contributed by atoms with E-state index in [2.05, 4.69) is 10.0 Å². The van der Waals surface area contributed by atoms with Gasteiger partial charge in [0, 0.05) is 6.54 Å². The maximum atomic E-state index is 13.3.